The average molecular weight is 485 g/mol. The summed E-state index contributed by atoms with van der Waals surface area (Å²) < 4.78 is 19.7. The van der Waals surface area contributed by atoms with Crippen LogP contribution in [0.1, 0.15) is 75.8 Å². The van der Waals surface area contributed by atoms with Gasteiger partial charge in [-0.25, -0.2) is 19.6 Å². The van der Waals surface area contributed by atoms with Crippen LogP contribution in [0.4, 0.5) is 0 Å². The van der Waals surface area contributed by atoms with Crippen LogP contribution in [0.3, 0.4) is 0 Å². The number of nitrogens with zero attached hydrogens (tertiary/aromatic N) is 6. The molecule has 4 heterocycles. The molecule has 0 saturated carbocycles. The Morgan fingerprint density at radius 2 is 1.94 bits per heavy atom. The Labute approximate surface area is 208 Å². The van der Waals surface area contributed by atoms with Gasteiger partial charge in [0.15, 0.2) is 11.4 Å². The maximum Gasteiger partial charge on any atom is 0.209 e. The number of fused-ring (bicyclic) bond motifs is 1. The summed E-state index contributed by atoms with van der Waals surface area (Å²) >= 11 is 0. The molecule has 1 aliphatic heterocycles. The third-order valence-electron chi connectivity index (χ3n) is 6.76. The predicted molar refractivity (Wildman–Crippen MR) is 135 cm³/mol. The first kappa shape index (κ1) is 25.7. The van der Waals surface area contributed by atoms with Crippen LogP contribution in [0.15, 0.2) is 4.42 Å². The fraction of sp³-hybridized carbons (Fsp3) is 0.692. The lowest BCUT2D eigenvalue weighted by atomic mass is 10.00. The van der Waals surface area contributed by atoms with Crippen molar-refractivity contribution in [3.05, 3.63) is 23.0 Å². The van der Waals surface area contributed by atoms with E-state index in [0.29, 0.717) is 18.9 Å². The van der Waals surface area contributed by atoms with Gasteiger partial charge in [-0.15, -0.1) is 0 Å². The van der Waals surface area contributed by atoms with Gasteiger partial charge in [0.25, 0.3) is 0 Å². The standard InChI is InChI=1S/C26H40N6O3/c1-8-11-18(15-33-7)23-24-26(31(6)30-23)29-22(17(5)27-24)25-20(10-3)28-21(35-25)14-32-12-16(4)34-19(9-2)13-32/h16,18-19H,8-15H2,1-7H3. The van der Waals surface area contributed by atoms with Crippen LogP contribution >= 0.6 is 0 Å². The van der Waals surface area contributed by atoms with E-state index >= 15 is 0 Å². The van der Waals surface area contributed by atoms with E-state index < -0.39 is 0 Å². The molecule has 1 fully saturated rings. The van der Waals surface area contributed by atoms with Crippen molar-refractivity contribution in [1.29, 1.82) is 0 Å². The van der Waals surface area contributed by atoms with Crippen molar-refractivity contribution in [2.75, 3.05) is 26.8 Å². The van der Waals surface area contributed by atoms with Crippen molar-refractivity contribution >= 4 is 11.2 Å². The Hall–Kier alpha value is -2.36. The Bertz CT molecular complexity index is 1130. The van der Waals surface area contributed by atoms with Crippen LogP contribution in [0.2, 0.25) is 0 Å². The molecule has 35 heavy (non-hydrogen) atoms. The maximum atomic E-state index is 6.35. The lowest BCUT2D eigenvalue weighted by Gasteiger charge is -2.35. The molecule has 4 rings (SSSR count). The topological polar surface area (TPSA) is 91.3 Å². The van der Waals surface area contributed by atoms with Gasteiger partial charge in [-0.1, -0.05) is 27.2 Å². The highest BCUT2D eigenvalue weighted by Crippen LogP contribution is 2.32. The highest BCUT2D eigenvalue weighted by Gasteiger charge is 2.27. The van der Waals surface area contributed by atoms with Gasteiger partial charge < -0.3 is 13.9 Å². The second-order valence-corrected chi connectivity index (χ2v) is 9.69. The molecule has 3 aromatic heterocycles. The van der Waals surface area contributed by atoms with Gasteiger partial charge in [0.1, 0.15) is 11.2 Å². The van der Waals surface area contributed by atoms with Crippen LogP contribution in [-0.4, -0.2) is 68.6 Å². The molecular weight excluding hydrogens is 444 g/mol. The molecule has 0 spiro atoms. The summed E-state index contributed by atoms with van der Waals surface area (Å²) in [5, 5.41) is 4.80. The number of rotatable bonds is 10. The highest BCUT2D eigenvalue weighted by atomic mass is 16.5. The molecule has 3 aromatic rings. The van der Waals surface area contributed by atoms with Gasteiger partial charge in [-0.3, -0.25) is 4.90 Å². The molecule has 3 unspecified atom stereocenters. The normalized spacial score (nSPS) is 20.1. The monoisotopic (exact) mass is 484 g/mol. The van der Waals surface area contributed by atoms with Crippen molar-refractivity contribution in [3.63, 3.8) is 0 Å². The molecule has 0 radical (unpaired) electrons. The Kier molecular flexibility index (Phi) is 8.19. The quantitative estimate of drug-likeness (QED) is 0.418. The van der Waals surface area contributed by atoms with E-state index in [1.807, 2.05) is 18.7 Å². The average Bonchev–Trinajstić information content (AvgIpc) is 3.38. The minimum atomic E-state index is 0.194. The van der Waals surface area contributed by atoms with Crippen molar-refractivity contribution < 1.29 is 13.9 Å². The summed E-state index contributed by atoms with van der Waals surface area (Å²) in [4.78, 5) is 17.2. The first-order valence-electron chi connectivity index (χ1n) is 12.9. The third-order valence-corrected chi connectivity index (χ3v) is 6.76. The molecule has 0 amide bonds. The zero-order valence-electron chi connectivity index (χ0n) is 22.3. The fourth-order valence-corrected chi connectivity index (χ4v) is 5.08. The van der Waals surface area contributed by atoms with Gasteiger partial charge in [0.05, 0.1) is 42.4 Å². The SMILES string of the molecule is CCCC(COC)c1nn(C)c2nc(-c3oc(CN4CC(C)OC(CC)C4)nc3CC)c(C)nc12. The van der Waals surface area contributed by atoms with E-state index in [0.717, 1.165) is 78.6 Å². The van der Waals surface area contributed by atoms with Crippen molar-refractivity contribution in [2.45, 2.75) is 85.0 Å². The van der Waals surface area contributed by atoms with E-state index in [4.69, 9.17) is 33.9 Å². The third kappa shape index (κ3) is 5.42. The van der Waals surface area contributed by atoms with Gasteiger partial charge in [-0.2, -0.15) is 5.10 Å². The first-order chi connectivity index (χ1) is 16.9. The fourth-order valence-electron chi connectivity index (χ4n) is 5.08. The molecule has 0 N–H and O–H groups in total. The van der Waals surface area contributed by atoms with Crippen LogP contribution in [0, 0.1) is 6.92 Å². The number of oxazole rings is 1. The van der Waals surface area contributed by atoms with Crippen LogP contribution in [-0.2, 0) is 29.5 Å². The van der Waals surface area contributed by atoms with Crippen LogP contribution < -0.4 is 0 Å². The maximum absolute atomic E-state index is 6.35. The number of morpholine rings is 1. The van der Waals surface area contributed by atoms with E-state index in [1.54, 1.807) is 7.11 Å². The minimum absolute atomic E-state index is 0.194. The minimum Gasteiger partial charge on any atom is -0.437 e. The molecule has 1 saturated heterocycles. The molecule has 9 heteroatoms. The van der Waals surface area contributed by atoms with Crippen molar-refractivity contribution in [3.8, 4) is 11.5 Å². The Morgan fingerprint density at radius 1 is 1.14 bits per heavy atom. The molecule has 0 aliphatic carbocycles. The summed E-state index contributed by atoms with van der Waals surface area (Å²) in [6.45, 7) is 13.6. The summed E-state index contributed by atoms with van der Waals surface area (Å²) in [7, 11) is 3.66. The van der Waals surface area contributed by atoms with Crippen LogP contribution in [0.5, 0.6) is 0 Å². The number of methoxy groups -OCH3 is 1. The number of hydrogen-bond donors (Lipinski definition) is 0. The van der Waals surface area contributed by atoms with Crippen molar-refractivity contribution in [1.82, 2.24) is 29.6 Å². The molecule has 1 aliphatic rings. The summed E-state index contributed by atoms with van der Waals surface area (Å²) in [6.07, 6.45) is 4.27. The first-order valence-corrected chi connectivity index (χ1v) is 12.9. The largest absolute Gasteiger partial charge is 0.437 e. The molecular formula is C26H40N6O3. The summed E-state index contributed by atoms with van der Waals surface area (Å²) in [5.41, 5.74) is 5.02. The molecule has 192 valence electrons. The second kappa shape index (κ2) is 11.1. The van der Waals surface area contributed by atoms with E-state index in [1.165, 1.54) is 0 Å². The molecule has 0 bridgehead atoms. The molecule has 0 aromatic carbocycles. The smallest absolute Gasteiger partial charge is 0.209 e. The Morgan fingerprint density at radius 3 is 2.63 bits per heavy atom. The number of hydrogen-bond acceptors (Lipinski definition) is 8. The number of ether oxygens (including phenoxy) is 2. The lowest BCUT2D eigenvalue weighted by Crippen LogP contribution is -2.45. The van der Waals surface area contributed by atoms with Gasteiger partial charge in [-0.05, 0) is 33.1 Å². The van der Waals surface area contributed by atoms with Gasteiger partial charge in [0, 0.05) is 33.2 Å². The molecule has 3 atom stereocenters. The summed E-state index contributed by atoms with van der Waals surface area (Å²) in [6, 6.07) is 0. The zero-order chi connectivity index (χ0) is 25.1. The van der Waals surface area contributed by atoms with Crippen molar-refractivity contribution in [2.24, 2.45) is 7.05 Å². The molecule has 9 nitrogen and oxygen atoms in total. The number of aromatic nitrogens is 5. The van der Waals surface area contributed by atoms with E-state index in [2.05, 4.69) is 32.6 Å². The number of aryl methyl sites for hydroxylation is 3. The van der Waals surface area contributed by atoms with Crippen LogP contribution in [0.25, 0.3) is 22.6 Å². The summed E-state index contributed by atoms with van der Waals surface area (Å²) in [5.74, 6) is 1.63. The second-order valence-electron chi connectivity index (χ2n) is 9.69. The predicted octanol–water partition coefficient (Wildman–Crippen LogP) is 4.42. The highest BCUT2D eigenvalue weighted by molar-refractivity contribution is 5.78. The Balaban J connectivity index is 1.68. The van der Waals surface area contributed by atoms with Gasteiger partial charge >= 0.3 is 0 Å². The lowest BCUT2D eigenvalue weighted by molar-refractivity contribution is -0.0816. The van der Waals surface area contributed by atoms with E-state index in [9.17, 15) is 0 Å². The van der Waals surface area contributed by atoms with E-state index in [-0.39, 0.29) is 18.1 Å². The zero-order valence-corrected chi connectivity index (χ0v) is 22.3. The van der Waals surface area contributed by atoms with Gasteiger partial charge in [0.2, 0.25) is 5.89 Å².